The zero-order chi connectivity index (χ0) is 13.4. The number of hydrogen-bond acceptors (Lipinski definition) is 3. The van der Waals surface area contributed by atoms with E-state index in [2.05, 4.69) is 5.32 Å². The third-order valence-corrected chi connectivity index (χ3v) is 2.37. The molecule has 4 nitrogen and oxygen atoms in total. The monoisotopic (exact) mass is 251 g/mol. The molecule has 1 N–H and O–H groups in total. The van der Waals surface area contributed by atoms with E-state index in [1.807, 2.05) is 45.0 Å². The fourth-order valence-electron chi connectivity index (χ4n) is 1.41. The minimum Gasteiger partial charge on any atom is -0.491 e. The third-order valence-electron chi connectivity index (χ3n) is 2.37. The third kappa shape index (κ3) is 5.68. The summed E-state index contributed by atoms with van der Waals surface area (Å²) in [6, 6.07) is 7.79. The first-order valence-corrected chi connectivity index (χ1v) is 6.18. The molecule has 0 spiro atoms. The number of ether oxygens (including phenoxy) is 2. The van der Waals surface area contributed by atoms with Gasteiger partial charge in [-0.15, -0.1) is 0 Å². The minimum atomic E-state index is -0.114. The highest BCUT2D eigenvalue weighted by atomic mass is 16.5. The molecular weight excluding hydrogens is 230 g/mol. The van der Waals surface area contributed by atoms with Gasteiger partial charge in [-0.2, -0.15) is 0 Å². The number of rotatable bonds is 7. The Morgan fingerprint density at radius 3 is 2.61 bits per heavy atom. The second kappa shape index (κ2) is 7.71. The van der Waals surface area contributed by atoms with Gasteiger partial charge in [0.1, 0.15) is 19.0 Å². The van der Waals surface area contributed by atoms with Crippen LogP contribution >= 0.6 is 0 Å². The maximum Gasteiger partial charge on any atom is 0.246 e. The van der Waals surface area contributed by atoms with Crippen LogP contribution in [0.5, 0.6) is 5.75 Å². The molecule has 18 heavy (non-hydrogen) atoms. The summed E-state index contributed by atoms with van der Waals surface area (Å²) in [4.78, 5) is 11.4. The smallest absolute Gasteiger partial charge is 0.246 e. The molecule has 0 fully saturated rings. The molecule has 0 aliphatic heterocycles. The van der Waals surface area contributed by atoms with Crippen molar-refractivity contribution in [2.45, 2.75) is 26.8 Å². The van der Waals surface area contributed by atoms with E-state index in [-0.39, 0.29) is 18.6 Å². The zero-order valence-corrected chi connectivity index (χ0v) is 11.2. The van der Waals surface area contributed by atoms with E-state index in [1.165, 1.54) is 5.56 Å². The lowest BCUT2D eigenvalue weighted by Gasteiger charge is -2.15. The first-order chi connectivity index (χ1) is 8.61. The van der Waals surface area contributed by atoms with Gasteiger partial charge in [-0.3, -0.25) is 4.79 Å². The van der Waals surface area contributed by atoms with E-state index in [0.717, 1.165) is 5.75 Å². The van der Waals surface area contributed by atoms with Crippen LogP contribution in [-0.4, -0.2) is 31.8 Å². The zero-order valence-electron chi connectivity index (χ0n) is 11.2. The fraction of sp³-hybridized carbons (Fsp3) is 0.500. The second-order valence-electron chi connectivity index (χ2n) is 4.23. The largest absolute Gasteiger partial charge is 0.491 e. The van der Waals surface area contributed by atoms with Crippen LogP contribution in [0.25, 0.3) is 0 Å². The second-order valence-corrected chi connectivity index (χ2v) is 4.23. The van der Waals surface area contributed by atoms with Gasteiger partial charge >= 0.3 is 0 Å². The molecule has 0 saturated carbocycles. The molecule has 1 aromatic carbocycles. The topological polar surface area (TPSA) is 47.6 Å². The first kappa shape index (κ1) is 14.5. The van der Waals surface area contributed by atoms with E-state index < -0.39 is 0 Å². The van der Waals surface area contributed by atoms with Crippen LogP contribution in [0.2, 0.25) is 0 Å². The predicted molar refractivity (Wildman–Crippen MR) is 70.8 cm³/mol. The van der Waals surface area contributed by atoms with E-state index in [0.29, 0.717) is 13.2 Å². The molecule has 100 valence electrons. The van der Waals surface area contributed by atoms with E-state index in [1.54, 1.807) is 0 Å². The number of nitrogens with one attached hydrogen (secondary N) is 1. The van der Waals surface area contributed by atoms with Crippen LogP contribution in [0, 0.1) is 6.92 Å². The van der Waals surface area contributed by atoms with Crippen molar-refractivity contribution in [3.63, 3.8) is 0 Å². The lowest BCUT2D eigenvalue weighted by atomic mass is 10.2. The molecule has 0 aliphatic carbocycles. The van der Waals surface area contributed by atoms with Crippen molar-refractivity contribution < 1.29 is 14.3 Å². The lowest BCUT2D eigenvalue weighted by Crippen LogP contribution is -2.38. The highest BCUT2D eigenvalue weighted by Gasteiger charge is 2.07. The summed E-state index contributed by atoms with van der Waals surface area (Å²) >= 11 is 0. The standard InChI is InChI=1S/C14H21NO3/c1-4-17-10-14(16)15-12(3)9-18-13-7-5-11(2)6-8-13/h5-8,12H,4,9-10H2,1-3H3,(H,15,16). The summed E-state index contributed by atoms with van der Waals surface area (Å²) in [6.45, 7) is 6.88. The van der Waals surface area contributed by atoms with Crippen molar-refractivity contribution in [3.8, 4) is 5.75 Å². The molecule has 4 heteroatoms. The van der Waals surface area contributed by atoms with Crippen molar-refractivity contribution in [2.24, 2.45) is 0 Å². The Bertz CT molecular complexity index is 362. The highest BCUT2D eigenvalue weighted by Crippen LogP contribution is 2.11. The van der Waals surface area contributed by atoms with Crippen molar-refractivity contribution in [2.75, 3.05) is 19.8 Å². The van der Waals surface area contributed by atoms with Gasteiger partial charge in [0, 0.05) is 6.61 Å². The van der Waals surface area contributed by atoms with Gasteiger partial charge in [0.15, 0.2) is 0 Å². The molecule has 1 atom stereocenters. The Hall–Kier alpha value is -1.55. The quantitative estimate of drug-likeness (QED) is 0.805. The predicted octanol–water partition coefficient (Wildman–Crippen LogP) is 1.92. The summed E-state index contributed by atoms with van der Waals surface area (Å²) in [7, 11) is 0. The Morgan fingerprint density at radius 2 is 2.00 bits per heavy atom. The normalized spacial score (nSPS) is 11.9. The van der Waals surface area contributed by atoms with Crippen LogP contribution in [0.1, 0.15) is 19.4 Å². The molecule has 0 heterocycles. The molecule has 1 amide bonds. The molecule has 1 rings (SSSR count). The molecule has 0 aliphatic rings. The Kier molecular flexibility index (Phi) is 6.22. The van der Waals surface area contributed by atoms with Crippen LogP contribution in [-0.2, 0) is 9.53 Å². The first-order valence-electron chi connectivity index (χ1n) is 6.18. The molecular formula is C14H21NO3. The minimum absolute atomic E-state index is 0.0424. The van der Waals surface area contributed by atoms with Gasteiger partial charge in [0.25, 0.3) is 0 Å². The van der Waals surface area contributed by atoms with Gasteiger partial charge in [-0.25, -0.2) is 0 Å². The highest BCUT2D eigenvalue weighted by molar-refractivity contribution is 5.77. The maximum atomic E-state index is 11.4. The summed E-state index contributed by atoms with van der Waals surface area (Å²) < 4.78 is 10.6. The molecule has 1 aromatic rings. The molecule has 0 bridgehead atoms. The van der Waals surface area contributed by atoms with Crippen LogP contribution in [0.15, 0.2) is 24.3 Å². The molecule has 0 saturated heterocycles. The number of carbonyl (C=O) groups is 1. The fourth-order valence-corrected chi connectivity index (χ4v) is 1.41. The molecule has 1 unspecified atom stereocenters. The lowest BCUT2D eigenvalue weighted by molar-refractivity contribution is -0.126. The summed E-state index contributed by atoms with van der Waals surface area (Å²) in [6.07, 6.45) is 0. The number of carbonyl (C=O) groups excluding carboxylic acids is 1. The number of hydrogen-bond donors (Lipinski definition) is 1. The maximum absolute atomic E-state index is 11.4. The van der Waals surface area contributed by atoms with Crippen molar-refractivity contribution in [1.82, 2.24) is 5.32 Å². The van der Waals surface area contributed by atoms with Crippen LogP contribution in [0.3, 0.4) is 0 Å². The van der Waals surface area contributed by atoms with Gasteiger partial charge in [-0.05, 0) is 32.9 Å². The average molecular weight is 251 g/mol. The van der Waals surface area contributed by atoms with Crippen LogP contribution < -0.4 is 10.1 Å². The van der Waals surface area contributed by atoms with E-state index >= 15 is 0 Å². The number of amides is 1. The van der Waals surface area contributed by atoms with Crippen molar-refractivity contribution in [1.29, 1.82) is 0 Å². The van der Waals surface area contributed by atoms with Gasteiger partial charge in [0.2, 0.25) is 5.91 Å². The Labute approximate surface area is 108 Å². The van der Waals surface area contributed by atoms with Gasteiger partial charge < -0.3 is 14.8 Å². The Balaban J connectivity index is 2.26. The van der Waals surface area contributed by atoms with Gasteiger partial charge in [0.05, 0.1) is 6.04 Å². The Morgan fingerprint density at radius 1 is 1.33 bits per heavy atom. The SMILES string of the molecule is CCOCC(=O)NC(C)COc1ccc(C)cc1. The average Bonchev–Trinajstić information content (AvgIpc) is 2.35. The number of benzene rings is 1. The van der Waals surface area contributed by atoms with E-state index in [4.69, 9.17) is 9.47 Å². The van der Waals surface area contributed by atoms with Crippen LogP contribution in [0.4, 0.5) is 0 Å². The molecule has 0 aromatic heterocycles. The molecule has 0 radical (unpaired) electrons. The summed E-state index contributed by atoms with van der Waals surface area (Å²) in [5.41, 5.74) is 1.19. The van der Waals surface area contributed by atoms with E-state index in [9.17, 15) is 4.79 Å². The summed E-state index contributed by atoms with van der Waals surface area (Å²) in [5.74, 6) is 0.698. The van der Waals surface area contributed by atoms with Gasteiger partial charge in [-0.1, -0.05) is 17.7 Å². The summed E-state index contributed by atoms with van der Waals surface area (Å²) in [5, 5.41) is 2.81. The van der Waals surface area contributed by atoms with Crippen molar-refractivity contribution >= 4 is 5.91 Å². The number of aryl methyl sites for hydroxylation is 1. The van der Waals surface area contributed by atoms with Crippen molar-refractivity contribution in [3.05, 3.63) is 29.8 Å².